The van der Waals surface area contributed by atoms with Crippen molar-refractivity contribution in [2.24, 2.45) is 0 Å². The Morgan fingerprint density at radius 3 is 2.03 bits per heavy atom. The lowest BCUT2D eigenvalue weighted by atomic mass is 10.1. The first-order valence-corrected chi connectivity index (χ1v) is 13.2. The van der Waals surface area contributed by atoms with Crippen molar-refractivity contribution in [3.63, 3.8) is 0 Å². The Balaban J connectivity index is 1.50. The maximum absolute atomic E-state index is 12.8. The second kappa shape index (κ2) is 11.2. The standard InChI is InChI=1S/C23H36N4O4S/c1-3-25(4-2)23(29)19-24-14-16-26(17-15-24)22(28)18-20-8-10-21(11-9-20)32(30,31)27-12-6-5-7-13-27/h8-11H,3-7,12-19H2,1-2H3. The third-order valence-corrected chi connectivity index (χ3v) is 8.34. The van der Waals surface area contributed by atoms with Crippen LogP contribution in [-0.2, 0) is 26.0 Å². The number of piperidine rings is 1. The molecule has 2 saturated heterocycles. The van der Waals surface area contributed by atoms with E-state index in [9.17, 15) is 18.0 Å². The summed E-state index contributed by atoms with van der Waals surface area (Å²) in [6, 6.07) is 6.72. The molecule has 0 radical (unpaired) electrons. The third kappa shape index (κ3) is 6.08. The zero-order valence-electron chi connectivity index (χ0n) is 19.3. The van der Waals surface area contributed by atoms with Gasteiger partial charge in [0.05, 0.1) is 17.9 Å². The van der Waals surface area contributed by atoms with E-state index in [1.54, 1.807) is 28.6 Å². The molecule has 0 N–H and O–H groups in total. The highest BCUT2D eigenvalue weighted by molar-refractivity contribution is 7.89. The van der Waals surface area contributed by atoms with Crippen LogP contribution in [0.5, 0.6) is 0 Å². The molecule has 0 aromatic heterocycles. The summed E-state index contributed by atoms with van der Waals surface area (Å²) in [6.07, 6.45) is 3.14. The number of hydrogen-bond donors (Lipinski definition) is 0. The minimum atomic E-state index is -3.45. The Hall–Kier alpha value is -1.97. The molecule has 0 atom stereocenters. The van der Waals surface area contributed by atoms with Crippen LogP contribution >= 0.6 is 0 Å². The highest BCUT2D eigenvalue weighted by Gasteiger charge is 2.26. The van der Waals surface area contributed by atoms with E-state index in [2.05, 4.69) is 4.90 Å². The molecular formula is C23H36N4O4S. The average Bonchev–Trinajstić information content (AvgIpc) is 2.81. The molecule has 2 fully saturated rings. The summed E-state index contributed by atoms with van der Waals surface area (Å²) in [5, 5.41) is 0. The van der Waals surface area contributed by atoms with Gasteiger partial charge in [-0.15, -0.1) is 0 Å². The number of carbonyl (C=O) groups is 2. The van der Waals surface area contributed by atoms with Crippen molar-refractivity contribution in [3.05, 3.63) is 29.8 Å². The fourth-order valence-electron chi connectivity index (χ4n) is 4.34. The van der Waals surface area contributed by atoms with Crippen molar-refractivity contribution in [2.45, 2.75) is 44.4 Å². The molecule has 9 heteroatoms. The van der Waals surface area contributed by atoms with Gasteiger partial charge in [-0.3, -0.25) is 14.5 Å². The molecular weight excluding hydrogens is 428 g/mol. The summed E-state index contributed by atoms with van der Waals surface area (Å²) in [5.74, 6) is 0.167. The van der Waals surface area contributed by atoms with Crippen LogP contribution in [0.15, 0.2) is 29.2 Å². The van der Waals surface area contributed by atoms with Crippen molar-refractivity contribution >= 4 is 21.8 Å². The second-order valence-corrected chi connectivity index (χ2v) is 10.4. The van der Waals surface area contributed by atoms with Crippen LogP contribution in [0, 0.1) is 0 Å². The number of hydrogen-bond acceptors (Lipinski definition) is 5. The van der Waals surface area contributed by atoms with E-state index >= 15 is 0 Å². The molecule has 2 amide bonds. The number of amides is 2. The maximum Gasteiger partial charge on any atom is 0.243 e. The predicted octanol–water partition coefficient (Wildman–Crippen LogP) is 1.42. The fourth-order valence-corrected chi connectivity index (χ4v) is 5.86. The van der Waals surface area contributed by atoms with Gasteiger partial charge in [-0.05, 0) is 44.4 Å². The molecule has 1 aromatic rings. The minimum absolute atomic E-state index is 0.0337. The van der Waals surface area contributed by atoms with Crippen LogP contribution in [0.4, 0.5) is 0 Å². The van der Waals surface area contributed by atoms with Crippen molar-refractivity contribution in [2.75, 3.05) is 58.9 Å². The van der Waals surface area contributed by atoms with Gasteiger partial charge in [0.2, 0.25) is 21.8 Å². The summed E-state index contributed by atoms with van der Waals surface area (Å²) >= 11 is 0. The van der Waals surface area contributed by atoms with Crippen molar-refractivity contribution in [3.8, 4) is 0 Å². The SMILES string of the molecule is CCN(CC)C(=O)CN1CCN(C(=O)Cc2ccc(S(=O)(=O)N3CCCCC3)cc2)CC1. The van der Waals surface area contributed by atoms with Crippen molar-refractivity contribution in [1.29, 1.82) is 0 Å². The summed E-state index contributed by atoms with van der Waals surface area (Å²) in [6.45, 7) is 9.52. The molecule has 2 aliphatic rings. The smallest absolute Gasteiger partial charge is 0.243 e. The summed E-state index contributed by atoms with van der Waals surface area (Å²) < 4.78 is 27.1. The van der Waals surface area contributed by atoms with Crippen LogP contribution in [0.3, 0.4) is 0 Å². The number of sulfonamides is 1. The highest BCUT2D eigenvalue weighted by Crippen LogP contribution is 2.21. The summed E-state index contributed by atoms with van der Waals surface area (Å²) in [5.41, 5.74) is 0.812. The first-order valence-electron chi connectivity index (χ1n) is 11.7. The number of carbonyl (C=O) groups excluding carboxylic acids is 2. The van der Waals surface area contributed by atoms with E-state index in [0.29, 0.717) is 63.8 Å². The zero-order chi connectivity index (χ0) is 23.1. The van der Waals surface area contributed by atoms with Crippen LogP contribution in [0.25, 0.3) is 0 Å². The van der Waals surface area contributed by atoms with Gasteiger partial charge in [0.15, 0.2) is 0 Å². The third-order valence-electron chi connectivity index (χ3n) is 6.43. The zero-order valence-corrected chi connectivity index (χ0v) is 20.1. The number of likely N-dealkylation sites (N-methyl/N-ethyl adjacent to an activating group) is 1. The largest absolute Gasteiger partial charge is 0.342 e. The molecule has 2 aliphatic heterocycles. The molecule has 32 heavy (non-hydrogen) atoms. The van der Waals surface area contributed by atoms with Gasteiger partial charge < -0.3 is 9.80 Å². The summed E-state index contributed by atoms with van der Waals surface area (Å²) in [7, 11) is -3.45. The molecule has 2 heterocycles. The van der Waals surface area contributed by atoms with Crippen molar-refractivity contribution in [1.82, 2.24) is 19.0 Å². The normalized spacial score (nSPS) is 18.5. The van der Waals surface area contributed by atoms with Gasteiger partial charge in [0.25, 0.3) is 0 Å². The van der Waals surface area contributed by atoms with Crippen molar-refractivity contribution < 1.29 is 18.0 Å². The number of rotatable bonds is 8. The molecule has 3 rings (SSSR count). The number of piperazine rings is 1. The monoisotopic (exact) mass is 464 g/mol. The van der Waals surface area contributed by atoms with Gasteiger partial charge in [-0.2, -0.15) is 4.31 Å². The van der Waals surface area contributed by atoms with Crippen LogP contribution in [0.1, 0.15) is 38.7 Å². The lowest BCUT2D eigenvalue weighted by Crippen LogP contribution is -2.51. The van der Waals surface area contributed by atoms with E-state index in [1.165, 1.54) is 0 Å². The fraction of sp³-hybridized carbons (Fsp3) is 0.652. The first-order chi connectivity index (χ1) is 15.3. The van der Waals surface area contributed by atoms with E-state index in [-0.39, 0.29) is 18.2 Å². The number of benzene rings is 1. The quantitative estimate of drug-likeness (QED) is 0.581. The first kappa shape index (κ1) is 24.7. The van der Waals surface area contributed by atoms with E-state index in [0.717, 1.165) is 24.8 Å². The summed E-state index contributed by atoms with van der Waals surface area (Å²) in [4.78, 5) is 31.1. The predicted molar refractivity (Wildman–Crippen MR) is 124 cm³/mol. The van der Waals surface area contributed by atoms with Crippen LogP contribution in [0.2, 0.25) is 0 Å². The molecule has 0 aliphatic carbocycles. The lowest BCUT2D eigenvalue weighted by molar-refractivity contribution is -0.134. The molecule has 178 valence electrons. The van der Waals surface area contributed by atoms with Gasteiger partial charge in [0, 0.05) is 52.4 Å². The Bertz CT molecular complexity index is 870. The molecule has 0 bridgehead atoms. The topological polar surface area (TPSA) is 81.2 Å². The minimum Gasteiger partial charge on any atom is -0.342 e. The van der Waals surface area contributed by atoms with Gasteiger partial charge >= 0.3 is 0 Å². The van der Waals surface area contributed by atoms with Crippen LogP contribution in [-0.4, -0.2) is 98.1 Å². The average molecular weight is 465 g/mol. The molecule has 0 spiro atoms. The molecule has 1 aromatic carbocycles. The van der Waals surface area contributed by atoms with Gasteiger partial charge in [-0.25, -0.2) is 8.42 Å². The van der Waals surface area contributed by atoms with Gasteiger partial charge in [0.1, 0.15) is 0 Å². The van der Waals surface area contributed by atoms with E-state index in [4.69, 9.17) is 0 Å². The molecule has 8 nitrogen and oxygen atoms in total. The highest BCUT2D eigenvalue weighted by atomic mass is 32.2. The Morgan fingerprint density at radius 2 is 1.47 bits per heavy atom. The van der Waals surface area contributed by atoms with E-state index in [1.807, 2.05) is 23.6 Å². The Morgan fingerprint density at radius 1 is 0.875 bits per heavy atom. The van der Waals surface area contributed by atoms with Crippen LogP contribution < -0.4 is 0 Å². The number of nitrogens with zero attached hydrogens (tertiary/aromatic N) is 4. The lowest BCUT2D eigenvalue weighted by Gasteiger charge is -2.35. The molecule has 0 saturated carbocycles. The van der Waals surface area contributed by atoms with E-state index < -0.39 is 10.0 Å². The second-order valence-electron chi connectivity index (χ2n) is 8.51. The Labute approximate surface area is 192 Å². The molecule has 0 unspecified atom stereocenters. The Kier molecular flexibility index (Phi) is 8.67. The van der Waals surface area contributed by atoms with Gasteiger partial charge in [-0.1, -0.05) is 18.6 Å². The maximum atomic E-state index is 12.8.